The second kappa shape index (κ2) is 7.90. The number of halogens is 3. The fourth-order valence-electron chi connectivity index (χ4n) is 3.54. The Morgan fingerprint density at radius 3 is 2.52 bits per heavy atom. The van der Waals surface area contributed by atoms with E-state index in [1.54, 1.807) is 37.3 Å². The van der Waals surface area contributed by atoms with Crippen molar-refractivity contribution in [1.82, 2.24) is 15.1 Å². The van der Waals surface area contributed by atoms with Gasteiger partial charge in [0.15, 0.2) is 5.82 Å². The summed E-state index contributed by atoms with van der Waals surface area (Å²) in [5.74, 6) is -1.41. The van der Waals surface area contributed by atoms with E-state index in [1.165, 1.54) is 16.8 Å². The van der Waals surface area contributed by atoms with Crippen molar-refractivity contribution >= 4 is 17.6 Å². The molecule has 1 fully saturated rings. The number of nitrogens with one attached hydrogen (secondary N) is 2. The first kappa shape index (κ1) is 20.6. The summed E-state index contributed by atoms with van der Waals surface area (Å²) in [5.41, 5.74) is 0.543. The molecular weight excluding hydrogens is 409 g/mol. The summed E-state index contributed by atoms with van der Waals surface area (Å²) in [6.45, 7) is 1.90. The number of carbonyl (C=O) groups is 2. The van der Waals surface area contributed by atoms with E-state index in [1.807, 2.05) is 6.07 Å². The molecule has 2 N–H and O–H groups in total. The number of anilines is 1. The molecule has 3 aromatic rings. The van der Waals surface area contributed by atoms with Gasteiger partial charge in [-0.2, -0.15) is 13.2 Å². The van der Waals surface area contributed by atoms with Gasteiger partial charge in [-0.05, 0) is 24.3 Å². The molecule has 0 saturated carbocycles. The average molecular weight is 428 g/mol. The summed E-state index contributed by atoms with van der Waals surface area (Å²) in [6.07, 6.45) is -4.48. The van der Waals surface area contributed by atoms with Crippen LogP contribution in [0, 0.1) is 11.8 Å². The summed E-state index contributed by atoms with van der Waals surface area (Å²) >= 11 is 0. The molecule has 0 bridgehead atoms. The maximum absolute atomic E-state index is 13.2. The van der Waals surface area contributed by atoms with Crippen LogP contribution in [0.4, 0.5) is 19.0 Å². The fourth-order valence-corrected chi connectivity index (χ4v) is 3.54. The first-order chi connectivity index (χ1) is 14.7. The Morgan fingerprint density at radius 2 is 1.87 bits per heavy atom. The molecule has 2 heterocycles. The zero-order valence-electron chi connectivity index (χ0n) is 16.5. The van der Waals surface area contributed by atoms with Gasteiger partial charge >= 0.3 is 6.18 Å². The molecule has 0 aliphatic carbocycles. The van der Waals surface area contributed by atoms with E-state index in [-0.39, 0.29) is 24.2 Å². The quantitative estimate of drug-likeness (QED) is 0.662. The van der Waals surface area contributed by atoms with Crippen molar-refractivity contribution in [1.29, 1.82) is 0 Å². The van der Waals surface area contributed by atoms with Gasteiger partial charge in [-0.15, -0.1) is 5.10 Å². The predicted molar refractivity (Wildman–Crippen MR) is 108 cm³/mol. The molecule has 9 heteroatoms. The lowest BCUT2D eigenvalue weighted by Crippen LogP contribution is -2.28. The maximum atomic E-state index is 13.2. The van der Waals surface area contributed by atoms with Crippen LogP contribution in [0.15, 0.2) is 60.7 Å². The Balaban J connectivity index is 1.72. The highest BCUT2D eigenvalue weighted by molar-refractivity contribution is 5.98. The second-order valence-electron chi connectivity index (χ2n) is 7.37. The van der Waals surface area contributed by atoms with E-state index in [0.29, 0.717) is 16.9 Å². The number of alkyl halides is 3. The van der Waals surface area contributed by atoms with E-state index in [4.69, 9.17) is 0 Å². The highest BCUT2D eigenvalue weighted by atomic mass is 19.4. The van der Waals surface area contributed by atoms with Gasteiger partial charge < -0.3 is 10.6 Å². The van der Waals surface area contributed by atoms with E-state index in [2.05, 4.69) is 15.7 Å². The lowest BCUT2D eigenvalue weighted by molar-refractivity contribution is -0.137. The Kier molecular flexibility index (Phi) is 5.26. The molecule has 1 aliphatic heterocycles. The predicted octanol–water partition coefficient (Wildman–Crippen LogP) is 3.88. The molecule has 6 nitrogen and oxygen atoms in total. The number of hydrogen-bond donors (Lipinski definition) is 2. The smallest absolute Gasteiger partial charge is 0.355 e. The van der Waals surface area contributed by atoms with E-state index in [9.17, 15) is 22.8 Å². The molecular formula is C22H19F3N4O2. The van der Waals surface area contributed by atoms with Crippen molar-refractivity contribution in [3.8, 4) is 16.9 Å². The Bertz CT molecular complexity index is 1130. The monoisotopic (exact) mass is 428 g/mol. The molecule has 1 saturated heterocycles. The van der Waals surface area contributed by atoms with E-state index < -0.39 is 23.6 Å². The Morgan fingerprint density at radius 1 is 1.13 bits per heavy atom. The third-order valence-electron chi connectivity index (χ3n) is 5.30. The van der Waals surface area contributed by atoms with Crippen LogP contribution < -0.4 is 10.6 Å². The minimum atomic E-state index is -4.48. The van der Waals surface area contributed by atoms with Crippen LogP contribution in [0.2, 0.25) is 0 Å². The number of benzene rings is 2. The Labute approximate surface area is 176 Å². The van der Waals surface area contributed by atoms with Crippen LogP contribution in [-0.2, 0) is 15.8 Å². The average Bonchev–Trinajstić information content (AvgIpc) is 3.32. The van der Waals surface area contributed by atoms with Crippen LogP contribution >= 0.6 is 0 Å². The van der Waals surface area contributed by atoms with Crippen LogP contribution in [0.1, 0.15) is 12.5 Å². The van der Waals surface area contributed by atoms with Crippen molar-refractivity contribution < 1.29 is 22.8 Å². The van der Waals surface area contributed by atoms with Crippen LogP contribution in [-0.4, -0.2) is 28.1 Å². The standard InChI is InChI=1S/C22H19F3N4O2/c1-13-17(12-26-20(13)30)21(31)27-19-11-18(29(28-19)16-8-3-2-4-9-16)14-6-5-7-15(10-14)22(23,24)25/h2-11,13,17H,12H2,1H3,(H,26,30)(H,27,28,31)/t13-,17+/m1/s1. The van der Waals surface area contributed by atoms with Gasteiger partial charge in [0.1, 0.15) is 0 Å². The molecule has 1 aromatic heterocycles. The van der Waals surface area contributed by atoms with Gasteiger partial charge in [0.05, 0.1) is 22.9 Å². The van der Waals surface area contributed by atoms with E-state index in [0.717, 1.165) is 12.1 Å². The largest absolute Gasteiger partial charge is 0.416 e. The van der Waals surface area contributed by atoms with Crippen LogP contribution in [0.25, 0.3) is 16.9 Å². The molecule has 4 rings (SSSR count). The van der Waals surface area contributed by atoms with Gasteiger partial charge in [-0.25, -0.2) is 4.68 Å². The van der Waals surface area contributed by atoms with Gasteiger partial charge in [0, 0.05) is 24.1 Å². The van der Waals surface area contributed by atoms with Gasteiger partial charge in [-0.3, -0.25) is 9.59 Å². The number of para-hydroxylation sites is 1. The lowest BCUT2D eigenvalue weighted by Gasteiger charge is -2.11. The summed E-state index contributed by atoms with van der Waals surface area (Å²) in [6, 6.07) is 15.3. The Hall–Kier alpha value is -3.62. The van der Waals surface area contributed by atoms with E-state index >= 15 is 0 Å². The van der Waals surface area contributed by atoms with Crippen molar-refractivity contribution in [2.24, 2.45) is 11.8 Å². The highest BCUT2D eigenvalue weighted by Crippen LogP contribution is 2.33. The molecule has 2 amide bonds. The first-order valence-electron chi connectivity index (χ1n) is 9.66. The number of rotatable bonds is 4. The molecule has 2 aromatic carbocycles. The minimum absolute atomic E-state index is 0.188. The van der Waals surface area contributed by atoms with Crippen LogP contribution in [0.3, 0.4) is 0 Å². The summed E-state index contributed by atoms with van der Waals surface area (Å²) in [4.78, 5) is 24.3. The van der Waals surface area contributed by atoms with Crippen molar-refractivity contribution in [3.63, 3.8) is 0 Å². The highest BCUT2D eigenvalue weighted by Gasteiger charge is 2.36. The van der Waals surface area contributed by atoms with Gasteiger partial charge in [-0.1, -0.05) is 37.3 Å². The lowest BCUT2D eigenvalue weighted by atomic mass is 9.97. The first-order valence-corrected chi connectivity index (χ1v) is 9.66. The van der Waals surface area contributed by atoms with Gasteiger partial charge in [0.2, 0.25) is 11.8 Å². The van der Waals surface area contributed by atoms with Crippen LogP contribution in [0.5, 0.6) is 0 Å². The van der Waals surface area contributed by atoms with Crippen molar-refractivity contribution in [3.05, 3.63) is 66.2 Å². The molecule has 31 heavy (non-hydrogen) atoms. The number of hydrogen-bond acceptors (Lipinski definition) is 3. The summed E-state index contributed by atoms with van der Waals surface area (Å²) in [5, 5.41) is 9.74. The SMILES string of the molecule is C[C@H]1C(=O)NC[C@@H]1C(=O)Nc1cc(-c2cccc(C(F)(F)F)c2)n(-c2ccccc2)n1. The minimum Gasteiger partial charge on any atom is -0.355 e. The molecule has 2 atom stereocenters. The third kappa shape index (κ3) is 4.16. The fraction of sp³-hybridized carbons (Fsp3) is 0.227. The molecule has 1 aliphatic rings. The number of nitrogens with zero attached hydrogens (tertiary/aromatic N) is 2. The third-order valence-corrected chi connectivity index (χ3v) is 5.30. The molecule has 0 radical (unpaired) electrons. The topological polar surface area (TPSA) is 76.0 Å². The number of carbonyl (C=O) groups excluding carboxylic acids is 2. The zero-order valence-corrected chi connectivity index (χ0v) is 16.5. The molecule has 0 spiro atoms. The molecule has 160 valence electrons. The van der Waals surface area contributed by atoms with Crippen molar-refractivity contribution in [2.75, 3.05) is 11.9 Å². The molecule has 0 unspecified atom stereocenters. The number of amides is 2. The number of aromatic nitrogens is 2. The maximum Gasteiger partial charge on any atom is 0.416 e. The van der Waals surface area contributed by atoms with Crippen molar-refractivity contribution in [2.45, 2.75) is 13.1 Å². The normalized spacial score (nSPS) is 18.6. The summed E-state index contributed by atoms with van der Waals surface area (Å²) < 4.78 is 41.1. The summed E-state index contributed by atoms with van der Waals surface area (Å²) in [7, 11) is 0. The van der Waals surface area contributed by atoms with Gasteiger partial charge in [0.25, 0.3) is 0 Å². The second-order valence-corrected chi connectivity index (χ2v) is 7.37. The zero-order chi connectivity index (χ0) is 22.2.